The van der Waals surface area contributed by atoms with Crippen molar-refractivity contribution >= 4 is 39.9 Å². The van der Waals surface area contributed by atoms with Gasteiger partial charge in [-0.15, -0.1) is 4.74 Å². The molecular formula is C17H20ClN3O3S2. The van der Waals surface area contributed by atoms with E-state index in [9.17, 15) is 9.59 Å². The molecule has 1 saturated heterocycles. The summed E-state index contributed by atoms with van der Waals surface area (Å²) in [6.07, 6.45) is 1.48. The fourth-order valence-electron chi connectivity index (χ4n) is 3.06. The van der Waals surface area contributed by atoms with E-state index in [2.05, 4.69) is 6.92 Å². The molecule has 2 heterocycles. The van der Waals surface area contributed by atoms with E-state index >= 15 is 0 Å². The highest BCUT2D eigenvalue weighted by Crippen LogP contribution is 2.46. The van der Waals surface area contributed by atoms with Gasteiger partial charge in [-0.2, -0.15) is 4.57 Å². The molecule has 0 N–H and O–H groups in total. The average molecular weight is 414 g/mol. The van der Waals surface area contributed by atoms with Crippen molar-refractivity contribution in [3.63, 3.8) is 0 Å². The summed E-state index contributed by atoms with van der Waals surface area (Å²) in [5.41, 5.74) is -0.111. The number of unbranched alkanes of at least 4 members (excludes halogenated alkanes) is 1. The van der Waals surface area contributed by atoms with Crippen LogP contribution in [0.5, 0.6) is 0 Å². The van der Waals surface area contributed by atoms with Crippen LogP contribution in [0.1, 0.15) is 39.8 Å². The molecule has 6 nitrogen and oxygen atoms in total. The topological polar surface area (TPSA) is 60.4 Å². The van der Waals surface area contributed by atoms with Crippen LogP contribution in [0.2, 0.25) is 5.02 Å². The Kier molecular flexibility index (Phi) is 5.37. The predicted molar refractivity (Wildman–Crippen MR) is 108 cm³/mol. The highest BCUT2D eigenvalue weighted by molar-refractivity contribution is 8.24. The Morgan fingerprint density at radius 3 is 2.54 bits per heavy atom. The lowest BCUT2D eigenvalue weighted by atomic mass is 10.1. The van der Waals surface area contributed by atoms with Gasteiger partial charge in [0, 0.05) is 11.6 Å². The highest BCUT2D eigenvalue weighted by atomic mass is 35.5. The molecule has 0 spiro atoms. The minimum atomic E-state index is -0.730. The van der Waals surface area contributed by atoms with E-state index in [1.54, 1.807) is 24.3 Å². The van der Waals surface area contributed by atoms with Gasteiger partial charge in [0.2, 0.25) is 0 Å². The van der Waals surface area contributed by atoms with Crippen molar-refractivity contribution in [2.45, 2.75) is 44.5 Å². The molecule has 0 radical (unpaired) electrons. The lowest BCUT2D eigenvalue weighted by Crippen LogP contribution is -2.42. The zero-order valence-electron chi connectivity index (χ0n) is 14.8. The fourth-order valence-corrected chi connectivity index (χ4v) is 5.11. The minimum Gasteiger partial charge on any atom is -0.333 e. The molecule has 0 amide bonds. The van der Waals surface area contributed by atoms with Crippen LogP contribution >= 0.6 is 35.6 Å². The van der Waals surface area contributed by atoms with Crippen molar-refractivity contribution in [3.05, 3.63) is 50.3 Å². The molecule has 26 heavy (non-hydrogen) atoms. The standard InChI is InChI=1S/C17H20ClN3O3S2/c1-4-5-10-19-13(17(2,3)26-16(19)25)21-14(22)20(15(23)24-21)12-8-6-11(18)7-9-12/h6-9,13H,4-5,10H2,1-3H3/t13-/m0/s1. The van der Waals surface area contributed by atoms with Crippen molar-refractivity contribution < 1.29 is 4.52 Å². The van der Waals surface area contributed by atoms with Crippen LogP contribution in [0, 0.1) is 0 Å². The number of hydrogen-bond donors (Lipinski definition) is 0. The molecule has 9 heteroatoms. The molecule has 0 bridgehead atoms. The van der Waals surface area contributed by atoms with Crippen LogP contribution in [0.3, 0.4) is 0 Å². The zero-order valence-corrected chi connectivity index (χ0v) is 17.2. The Labute approximate surface area is 165 Å². The van der Waals surface area contributed by atoms with Crippen molar-refractivity contribution in [2.24, 2.45) is 0 Å². The summed E-state index contributed by atoms with van der Waals surface area (Å²) in [4.78, 5) is 27.4. The van der Waals surface area contributed by atoms with Gasteiger partial charge < -0.3 is 9.42 Å². The van der Waals surface area contributed by atoms with Crippen molar-refractivity contribution in [3.8, 4) is 5.69 Å². The van der Waals surface area contributed by atoms with Gasteiger partial charge in [-0.05, 0) is 44.5 Å². The van der Waals surface area contributed by atoms with Crippen LogP contribution in [0.25, 0.3) is 5.69 Å². The first kappa shape index (κ1) is 19.3. The maximum absolute atomic E-state index is 13.0. The summed E-state index contributed by atoms with van der Waals surface area (Å²) >= 11 is 12.9. The van der Waals surface area contributed by atoms with Crippen molar-refractivity contribution in [1.29, 1.82) is 0 Å². The van der Waals surface area contributed by atoms with E-state index in [0.717, 1.165) is 22.1 Å². The van der Waals surface area contributed by atoms with Crippen LogP contribution in [0.4, 0.5) is 0 Å². The molecule has 2 aromatic rings. The minimum absolute atomic E-state index is 0.406. The number of nitrogens with zero attached hydrogens (tertiary/aromatic N) is 3. The maximum atomic E-state index is 13.0. The molecule has 1 aromatic carbocycles. The quantitative estimate of drug-likeness (QED) is 0.697. The Morgan fingerprint density at radius 1 is 1.27 bits per heavy atom. The first-order valence-corrected chi connectivity index (χ1v) is 9.97. The molecular weight excluding hydrogens is 394 g/mol. The summed E-state index contributed by atoms with van der Waals surface area (Å²) in [5.74, 6) is -0.730. The second kappa shape index (κ2) is 7.25. The lowest BCUT2D eigenvalue weighted by molar-refractivity contribution is 0.0897. The molecule has 1 atom stereocenters. The van der Waals surface area contributed by atoms with Gasteiger partial charge in [-0.25, -0.2) is 9.59 Å². The SMILES string of the molecule is CCCCN1C(=S)SC(C)(C)[C@@H]1n1oc(=O)n(-c2ccc(Cl)cc2)c1=O. The molecule has 1 aromatic heterocycles. The first-order valence-electron chi connectivity index (χ1n) is 8.36. The average Bonchev–Trinajstić information content (AvgIpc) is 2.97. The molecule has 140 valence electrons. The Bertz CT molecular complexity index is 930. The van der Waals surface area contributed by atoms with Gasteiger partial charge in [-0.1, -0.05) is 48.9 Å². The third-order valence-electron chi connectivity index (χ3n) is 4.30. The third-order valence-corrected chi connectivity index (χ3v) is 6.18. The third kappa shape index (κ3) is 3.37. The van der Waals surface area contributed by atoms with Gasteiger partial charge in [0.05, 0.1) is 10.4 Å². The van der Waals surface area contributed by atoms with Crippen LogP contribution in [-0.2, 0) is 0 Å². The van der Waals surface area contributed by atoms with Crippen LogP contribution < -0.4 is 11.4 Å². The summed E-state index contributed by atoms with van der Waals surface area (Å²) in [5, 5.41) is 0.523. The van der Waals surface area contributed by atoms with Crippen molar-refractivity contribution in [1.82, 2.24) is 14.2 Å². The molecule has 1 aliphatic rings. The number of hydrogen-bond acceptors (Lipinski definition) is 5. The molecule has 1 aliphatic heterocycles. The number of halogens is 1. The normalized spacial score (nSPS) is 19.3. The largest absolute Gasteiger partial charge is 0.447 e. The molecule has 3 rings (SSSR count). The Hall–Kier alpha value is -1.51. The van der Waals surface area contributed by atoms with Crippen LogP contribution in [-0.4, -0.2) is 29.8 Å². The van der Waals surface area contributed by atoms with Gasteiger partial charge in [-0.3, -0.25) is 0 Å². The maximum Gasteiger partial charge on any atom is 0.447 e. The highest BCUT2D eigenvalue weighted by Gasteiger charge is 2.47. The van der Waals surface area contributed by atoms with Gasteiger partial charge in [0.1, 0.15) is 4.32 Å². The second-order valence-corrected chi connectivity index (χ2v) is 9.39. The Balaban J connectivity index is 2.09. The van der Waals surface area contributed by atoms with E-state index in [1.807, 2.05) is 18.7 Å². The molecule has 0 saturated carbocycles. The van der Waals surface area contributed by atoms with Gasteiger partial charge in [0.25, 0.3) is 0 Å². The van der Waals surface area contributed by atoms with Gasteiger partial charge >= 0.3 is 11.4 Å². The van der Waals surface area contributed by atoms with E-state index < -0.39 is 22.4 Å². The second-order valence-electron chi connectivity index (χ2n) is 6.67. The Morgan fingerprint density at radius 2 is 1.92 bits per heavy atom. The van der Waals surface area contributed by atoms with Crippen molar-refractivity contribution in [2.75, 3.05) is 6.54 Å². The molecule has 0 aliphatic carbocycles. The molecule has 0 unspecified atom stereocenters. The first-order chi connectivity index (χ1) is 12.3. The summed E-state index contributed by atoms with van der Waals surface area (Å²) in [7, 11) is 0. The number of thioether (sulfide) groups is 1. The van der Waals surface area contributed by atoms with Gasteiger partial charge in [0.15, 0.2) is 6.17 Å². The number of thiocarbonyl (C=S) groups is 1. The van der Waals surface area contributed by atoms with E-state index in [0.29, 0.717) is 21.6 Å². The van der Waals surface area contributed by atoms with E-state index in [4.69, 9.17) is 28.3 Å². The summed E-state index contributed by atoms with van der Waals surface area (Å²) < 4.78 is 7.84. The monoisotopic (exact) mass is 413 g/mol. The smallest absolute Gasteiger partial charge is 0.333 e. The predicted octanol–water partition coefficient (Wildman–Crippen LogP) is 3.66. The van der Waals surface area contributed by atoms with Crippen LogP contribution in [0.15, 0.2) is 38.4 Å². The number of aromatic nitrogens is 2. The summed E-state index contributed by atoms with van der Waals surface area (Å²) in [6, 6.07) is 6.47. The number of benzene rings is 1. The zero-order chi connectivity index (χ0) is 19.1. The molecule has 1 fully saturated rings. The summed E-state index contributed by atoms with van der Waals surface area (Å²) in [6.45, 7) is 6.79. The fraction of sp³-hybridized carbons (Fsp3) is 0.471. The van der Waals surface area contributed by atoms with E-state index in [1.165, 1.54) is 11.8 Å². The lowest BCUT2D eigenvalue weighted by Gasteiger charge is -2.30. The number of rotatable bonds is 5. The van der Waals surface area contributed by atoms with E-state index in [-0.39, 0.29) is 0 Å².